The van der Waals surface area contributed by atoms with Gasteiger partial charge in [0.25, 0.3) is 0 Å². The second kappa shape index (κ2) is 34.6. The Balaban J connectivity index is 0.000000177. The van der Waals surface area contributed by atoms with E-state index in [1.165, 1.54) is 0 Å². The second-order valence-electron chi connectivity index (χ2n) is 18.9. The van der Waals surface area contributed by atoms with Crippen LogP contribution in [0.25, 0.3) is 0 Å². The number of carbonyl (C=O) groups is 3. The van der Waals surface area contributed by atoms with Crippen LogP contribution in [0, 0.1) is 0 Å². The maximum Gasteiger partial charge on any atom is 0.411 e. The Labute approximate surface area is 481 Å². The first-order chi connectivity index (χ1) is 40.3. The molecule has 0 bridgehead atoms. The molecule has 6 heterocycles. The molecular formula is C60H79N13O9. The third-order valence-corrected chi connectivity index (χ3v) is 13.3. The molecule has 0 spiro atoms. The van der Waals surface area contributed by atoms with Crippen LogP contribution in [-0.4, -0.2) is 191 Å². The molecule has 82 heavy (non-hydrogen) atoms. The predicted molar refractivity (Wildman–Crippen MR) is 319 cm³/mol. The first kappa shape index (κ1) is 61.2. The van der Waals surface area contributed by atoms with Crippen molar-refractivity contribution in [2.75, 3.05) is 168 Å². The van der Waals surface area contributed by atoms with Crippen molar-refractivity contribution >= 4 is 52.8 Å². The molecule has 0 unspecified atom stereocenters. The van der Waals surface area contributed by atoms with Crippen molar-refractivity contribution in [3.8, 4) is 17.2 Å². The zero-order valence-electron chi connectivity index (χ0n) is 47.5. The smallest absolute Gasteiger partial charge is 0.411 e. The van der Waals surface area contributed by atoms with Crippen LogP contribution < -0.4 is 44.9 Å². The summed E-state index contributed by atoms with van der Waals surface area (Å²) in [5, 5.41) is 16.3. The number of rotatable bonds is 22. The number of amides is 3. The normalized spacial score (nSPS) is 14.6. The standard InChI is InChI=1S/C21H28N4O3.C20H26N4O3.C19H25N5O3/c1-2-27-19-9-4-3-8-18(19)23-21(26)28-17-7-12-24-13-15-25(16-14-24)20-10-5-6-11-22-20;1-2-26-18-8-4-3-7-17(18)22-20(25)27-16-15-23-11-13-24(14-12-23)19-9-5-6-10-21-19;1-2-26-17-7-4-3-6-16(17)21-19(25)27-15-14-23-10-12-24(13-11-23)18-8-5-9-20-22-18/h3-6,8-11H,2,7,12-17H2,1H3,(H,23,26);3-10H,2,11-16H2,1H3,(H,22,25);3-9H,2,10-15H2,1H3,(H,21,25). The van der Waals surface area contributed by atoms with Gasteiger partial charge < -0.3 is 43.1 Å². The molecule has 9 rings (SSSR count). The molecule has 0 radical (unpaired) electrons. The molecule has 0 atom stereocenters. The summed E-state index contributed by atoms with van der Waals surface area (Å²) >= 11 is 0. The number of nitrogens with one attached hydrogen (secondary N) is 3. The van der Waals surface area contributed by atoms with E-state index in [0.29, 0.717) is 80.5 Å². The molecule has 0 saturated carbocycles. The van der Waals surface area contributed by atoms with E-state index in [1.54, 1.807) is 24.4 Å². The number of anilines is 6. The monoisotopic (exact) mass is 1130 g/mol. The van der Waals surface area contributed by atoms with Crippen LogP contribution in [-0.2, 0) is 14.2 Å². The quantitative estimate of drug-likeness (QED) is 0.0430. The van der Waals surface area contributed by atoms with Crippen molar-refractivity contribution in [2.24, 2.45) is 0 Å². The number of pyridine rings is 2. The average molecular weight is 1130 g/mol. The predicted octanol–water partition coefficient (Wildman–Crippen LogP) is 8.34. The Morgan fingerprint density at radius 3 is 1.12 bits per heavy atom. The fourth-order valence-electron chi connectivity index (χ4n) is 9.13. The zero-order chi connectivity index (χ0) is 57.4. The van der Waals surface area contributed by atoms with E-state index < -0.39 is 18.3 Å². The van der Waals surface area contributed by atoms with Crippen molar-refractivity contribution in [3.63, 3.8) is 0 Å². The number of hydrogen-bond donors (Lipinski definition) is 3. The van der Waals surface area contributed by atoms with E-state index in [4.69, 9.17) is 28.4 Å². The van der Waals surface area contributed by atoms with Gasteiger partial charge in [0.2, 0.25) is 0 Å². The number of carbonyl (C=O) groups excluding carboxylic acids is 3. The maximum absolute atomic E-state index is 12.0. The van der Waals surface area contributed by atoms with Crippen molar-refractivity contribution < 1.29 is 42.8 Å². The fraction of sp³-hybridized carbons (Fsp3) is 0.417. The zero-order valence-corrected chi connectivity index (χ0v) is 47.5. The Bertz CT molecular complexity index is 2640. The van der Waals surface area contributed by atoms with Gasteiger partial charge in [0.15, 0.2) is 5.82 Å². The molecule has 22 nitrogen and oxygen atoms in total. The van der Waals surface area contributed by atoms with Gasteiger partial charge in [-0.3, -0.25) is 30.7 Å². The molecule has 3 aliphatic rings. The van der Waals surface area contributed by atoms with Gasteiger partial charge in [-0.1, -0.05) is 48.5 Å². The Kier molecular flexibility index (Phi) is 25.8. The number of aromatic nitrogens is 4. The van der Waals surface area contributed by atoms with Gasteiger partial charge in [0.1, 0.15) is 42.1 Å². The van der Waals surface area contributed by atoms with Gasteiger partial charge in [-0.25, -0.2) is 24.4 Å². The molecule has 438 valence electrons. The number of benzene rings is 3. The fourth-order valence-corrected chi connectivity index (χ4v) is 9.13. The molecule has 3 aliphatic heterocycles. The Morgan fingerprint density at radius 1 is 0.402 bits per heavy atom. The summed E-state index contributed by atoms with van der Waals surface area (Å²) in [4.78, 5) is 58.6. The summed E-state index contributed by atoms with van der Waals surface area (Å²) in [6, 6.07) is 37.8. The van der Waals surface area contributed by atoms with E-state index in [0.717, 1.165) is 116 Å². The molecule has 3 aromatic carbocycles. The van der Waals surface area contributed by atoms with Crippen LogP contribution in [0.2, 0.25) is 0 Å². The molecule has 3 N–H and O–H groups in total. The second-order valence-corrected chi connectivity index (χ2v) is 18.9. The van der Waals surface area contributed by atoms with E-state index in [-0.39, 0.29) is 0 Å². The van der Waals surface area contributed by atoms with Gasteiger partial charge in [0.05, 0.1) is 43.5 Å². The van der Waals surface area contributed by atoms with Crippen molar-refractivity contribution in [3.05, 3.63) is 140 Å². The number of ether oxygens (including phenoxy) is 6. The van der Waals surface area contributed by atoms with Crippen LogP contribution in [0.4, 0.5) is 48.9 Å². The van der Waals surface area contributed by atoms with E-state index in [2.05, 4.69) is 65.5 Å². The van der Waals surface area contributed by atoms with Crippen molar-refractivity contribution in [1.82, 2.24) is 34.9 Å². The molecule has 22 heteroatoms. The van der Waals surface area contributed by atoms with Crippen LogP contribution in [0.5, 0.6) is 17.2 Å². The lowest BCUT2D eigenvalue weighted by atomic mass is 10.3. The van der Waals surface area contributed by atoms with Crippen LogP contribution in [0.3, 0.4) is 0 Å². The summed E-state index contributed by atoms with van der Waals surface area (Å²) in [5.41, 5.74) is 1.86. The topological polar surface area (TPSA) is 214 Å². The minimum absolute atomic E-state index is 0.341. The van der Waals surface area contributed by atoms with Crippen LogP contribution in [0.15, 0.2) is 140 Å². The van der Waals surface area contributed by atoms with E-state index in [9.17, 15) is 14.4 Å². The molecule has 3 saturated heterocycles. The highest BCUT2D eigenvalue weighted by molar-refractivity contribution is 5.88. The molecule has 0 aliphatic carbocycles. The highest BCUT2D eigenvalue weighted by atomic mass is 16.6. The van der Waals surface area contributed by atoms with Gasteiger partial charge in [-0.2, -0.15) is 5.10 Å². The lowest BCUT2D eigenvalue weighted by molar-refractivity contribution is 0.136. The molecule has 3 aromatic heterocycles. The minimum Gasteiger partial charge on any atom is -0.492 e. The lowest BCUT2D eigenvalue weighted by Gasteiger charge is -2.35. The third-order valence-electron chi connectivity index (χ3n) is 13.3. The Hall–Kier alpha value is -8.47. The first-order valence-electron chi connectivity index (χ1n) is 28.3. The number of nitrogens with zero attached hydrogens (tertiary/aromatic N) is 10. The summed E-state index contributed by atoms with van der Waals surface area (Å²) < 4.78 is 32.4. The highest BCUT2D eigenvalue weighted by Crippen LogP contribution is 2.26. The summed E-state index contributed by atoms with van der Waals surface area (Å²) in [6.07, 6.45) is 4.75. The number of hydrogen-bond acceptors (Lipinski definition) is 19. The van der Waals surface area contributed by atoms with Crippen LogP contribution in [0.1, 0.15) is 27.2 Å². The van der Waals surface area contributed by atoms with Gasteiger partial charge in [-0.05, 0) is 100.0 Å². The molecule has 3 fully saturated rings. The number of piperazine rings is 3. The maximum atomic E-state index is 12.0. The largest absolute Gasteiger partial charge is 0.492 e. The van der Waals surface area contributed by atoms with Gasteiger partial charge >= 0.3 is 18.3 Å². The molecular weight excluding hydrogens is 1050 g/mol. The van der Waals surface area contributed by atoms with E-state index in [1.807, 2.05) is 136 Å². The lowest BCUT2D eigenvalue weighted by Crippen LogP contribution is -2.47. The summed E-state index contributed by atoms with van der Waals surface area (Å²) in [5.74, 6) is 4.88. The van der Waals surface area contributed by atoms with Crippen molar-refractivity contribution in [1.29, 1.82) is 0 Å². The molecule has 3 amide bonds. The van der Waals surface area contributed by atoms with Crippen molar-refractivity contribution in [2.45, 2.75) is 27.2 Å². The highest BCUT2D eigenvalue weighted by Gasteiger charge is 2.21. The average Bonchev–Trinajstić information content (AvgIpc) is 3.56. The Morgan fingerprint density at radius 2 is 0.756 bits per heavy atom. The third kappa shape index (κ3) is 20.9. The number of para-hydroxylation sites is 6. The van der Waals surface area contributed by atoms with Gasteiger partial charge in [0, 0.05) is 117 Å². The molecule has 6 aromatic rings. The van der Waals surface area contributed by atoms with Crippen LogP contribution >= 0.6 is 0 Å². The summed E-state index contributed by atoms with van der Waals surface area (Å²) in [7, 11) is 0. The summed E-state index contributed by atoms with van der Waals surface area (Å²) in [6.45, 7) is 21.9. The SMILES string of the molecule is CCOc1ccccc1NC(=O)OCCCN1CCN(c2ccccn2)CC1.CCOc1ccccc1NC(=O)OCCN1CCN(c2ccccn2)CC1.CCOc1ccccc1NC(=O)OCCN1CCN(c2cccnn2)CC1. The minimum atomic E-state index is -0.472. The van der Waals surface area contributed by atoms with Gasteiger partial charge in [-0.15, -0.1) is 5.10 Å². The first-order valence-corrected chi connectivity index (χ1v) is 28.3. The van der Waals surface area contributed by atoms with E-state index >= 15 is 0 Å².